The smallest absolute Gasteiger partial charge is 0.216 e. The molecular weight excluding hydrogens is 356 g/mol. The fourth-order valence-corrected chi connectivity index (χ4v) is 4.08. The van der Waals surface area contributed by atoms with Crippen molar-refractivity contribution < 1.29 is 8.98 Å². The molecule has 0 unspecified atom stereocenters. The van der Waals surface area contributed by atoms with Crippen LogP contribution in [0.15, 0.2) is 83.4 Å². The summed E-state index contributed by atoms with van der Waals surface area (Å²) in [5.41, 5.74) is 7.83. The lowest BCUT2D eigenvalue weighted by atomic mass is 9.92. The third-order valence-corrected chi connectivity index (χ3v) is 5.45. The normalized spacial score (nSPS) is 11.1. The minimum atomic E-state index is 0.585. The molecule has 2 heterocycles. The van der Waals surface area contributed by atoms with Gasteiger partial charge in [0, 0.05) is 22.9 Å². The topological polar surface area (TPSA) is 21.4 Å². The average molecular weight is 375 g/mol. The number of nitrogens with zero attached hydrogens (tertiary/aromatic N) is 2. The first kappa shape index (κ1) is 17.2. The lowest BCUT2D eigenvalue weighted by Crippen LogP contribution is -2.30. The van der Waals surface area contributed by atoms with E-state index in [1.54, 1.807) is 0 Å². The highest BCUT2D eigenvalue weighted by Crippen LogP contribution is 2.43. The second kappa shape index (κ2) is 6.61. The Labute approximate surface area is 169 Å². The summed E-state index contributed by atoms with van der Waals surface area (Å²) in [5.74, 6) is 0. The lowest BCUT2D eigenvalue weighted by Gasteiger charge is -2.10. The van der Waals surface area contributed by atoms with Crippen LogP contribution >= 0.6 is 0 Å². The van der Waals surface area contributed by atoms with E-state index in [0.717, 1.165) is 49.9 Å². The number of hydrogen-bond acceptors (Lipinski definition) is 1. The molecule has 0 spiro atoms. The zero-order valence-electron chi connectivity index (χ0n) is 16.3. The summed E-state index contributed by atoms with van der Waals surface area (Å²) in [6.45, 7) is 9.48. The van der Waals surface area contributed by atoms with Crippen molar-refractivity contribution in [1.29, 1.82) is 0 Å². The van der Waals surface area contributed by atoms with E-state index < -0.39 is 0 Å². The van der Waals surface area contributed by atoms with Crippen LogP contribution < -0.4 is 4.57 Å². The number of hydrogen-bond donors (Lipinski definition) is 0. The molecule has 0 N–H and O–H groups in total. The van der Waals surface area contributed by atoms with E-state index in [2.05, 4.69) is 52.7 Å². The maximum absolute atomic E-state index is 7.35. The second-order valence-electron chi connectivity index (χ2n) is 7.28. The number of aryl methyl sites for hydroxylation is 2. The summed E-state index contributed by atoms with van der Waals surface area (Å²) in [6.07, 6.45) is 2.05. The Morgan fingerprint density at radius 1 is 0.931 bits per heavy atom. The minimum Gasteiger partial charge on any atom is -0.456 e. The standard InChI is InChI=1S/C26H19N2O/c1-17-15-21(18-9-5-4-6-10-18)25-20-13-12-19(27-2)16-23(20)29-26(25)24(17)22-11-7-8-14-28(22)3/h4-16H,1,3H3/q+1. The Balaban J connectivity index is 1.97. The van der Waals surface area contributed by atoms with Gasteiger partial charge in [-0.25, -0.2) is 9.41 Å². The van der Waals surface area contributed by atoms with Crippen LogP contribution in [0.5, 0.6) is 0 Å². The molecule has 0 saturated carbocycles. The fourth-order valence-electron chi connectivity index (χ4n) is 4.08. The third-order valence-electron chi connectivity index (χ3n) is 5.45. The lowest BCUT2D eigenvalue weighted by molar-refractivity contribution is -0.660. The van der Waals surface area contributed by atoms with Crippen molar-refractivity contribution in [3.63, 3.8) is 0 Å². The van der Waals surface area contributed by atoms with Gasteiger partial charge in [-0.15, -0.1) is 0 Å². The molecule has 0 fully saturated rings. The Morgan fingerprint density at radius 2 is 1.72 bits per heavy atom. The molecule has 0 atom stereocenters. The summed E-state index contributed by atoms with van der Waals surface area (Å²) in [4.78, 5) is 3.57. The summed E-state index contributed by atoms with van der Waals surface area (Å²) < 4.78 is 8.53. The molecule has 3 heteroatoms. The van der Waals surface area contributed by atoms with Gasteiger partial charge in [0.1, 0.15) is 18.2 Å². The first-order valence-electron chi connectivity index (χ1n) is 9.55. The van der Waals surface area contributed by atoms with Gasteiger partial charge in [-0.1, -0.05) is 42.5 Å². The van der Waals surface area contributed by atoms with E-state index in [0.29, 0.717) is 5.69 Å². The molecule has 29 heavy (non-hydrogen) atoms. The first-order valence-corrected chi connectivity index (χ1v) is 9.55. The van der Waals surface area contributed by atoms with Gasteiger partial charge in [-0.05, 0) is 41.8 Å². The monoisotopic (exact) mass is 375 g/mol. The average Bonchev–Trinajstić information content (AvgIpc) is 3.13. The zero-order valence-corrected chi connectivity index (χ0v) is 16.3. The molecule has 3 nitrogen and oxygen atoms in total. The zero-order chi connectivity index (χ0) is 20.0. The van der Waals surface area contributed by atoms with Crippen molar-refractivity contribution in [2.45, 2.75) is 6.92 Å². The second-order valence-corrected chi connectivity index (χ2v) is 7.28. The summed E-state index contributed by atoms with van der Waals surface area (Å²) in [6, 6.07) is 24.5. The van der Waals surface area contributed by atoms with Crippen LogP contribution in [0.1, 0.15) is 5.56 Å². The van der Waals surface area contributed by atoms with Gasteiger partial charge in [0.15, 0.2) is 11.9 Å². The number of rotatable bonds is 2. The van der Waals surface area contributed by atoms with Crippen LogP contribution in [0.3, 0.4) is 0 Å². The quantitative estimate of drug-likeness (QED) is 0.251. The van der Waals surface area contributed by atoms with E-state index in [1.165, 1.54) is 0 Å². The largest absolute Gasteiger partial charge is 0.456 e. The van der Waals surface area contributed by atoms with Crippen molar-refractivity contribution >= 4 is 27.6 Å². The van der Waals surface area contributed by atoms with E-state index in [4.69, 9.17) is 11.0 Å². The number of fused-ring (bicyclic) bond motifs is 3. The highest BCUT2D eigenvalue weighted by atomic mass is 16.3. The van der Waals surface area contributed by atoms with Crippen molar-refractivity contribution in [1.82, 2.24) is 0 Å². The Kier molecular flexibility index (Phi) is 3.93. The van der Waals surface area contributed by atoms with Gasteiger partial charge in [-0.3, -0.25) is 0 Å². The Hall–Kier alpha value is -3.90. The van der Waals surface area contributed by atoms with E-state index in [9.17, 15) is 0 Å². The molecular formula is C26H19N2O+. The van der Waals surface area contributed by atoms with Crippen molar-refractivity contribution in [2.24, 2.45) is 7.05 Å². The van der Waals surface area contributed by atoms with E-state index in [1.807, 2.05) is 49.6 Å². The number of aromatic nitrogens is 1. The SMILES string of the molecule is [C-]#[N+]c1ccc2c(c1)oc1c(-c3cccc[n+]3C)c(C)cc(-c3ccccc3)c12. The molecule has 0 aliphatic rings. The highest BCUT2D eigenvalue weighted by Gasteiger charge is 2.23. The maximum atomic E-state index is 7.35. The molecule has 0 radical (unpaired) electrons. The molecule has 5 aromatic rings. The number of benzene rings is 3. The van der Waals surface area contributed by atoms with Crippen molar-refractivity contribution in [3.8, 4) is 22.4 Å². The van der Waals surface area contributed by atoms with Crippen LogP contribution in [0.25, 0.3) is 49.2 Å². The minimum absolute atomic E-state index is 0.585. The molecule has 138 valence electrons. The summed E-state index contributed by atoms with van der Waals surface area (Å²) in [5, 5.41) is 2.12. The maximum Gasteiger partial charge on any atom is 0.216 e. The molecule has 0 aliphatic carbocycles. The number of pyridine rings is 1. The van der Waals surface area contributed by atoms with Crippen LogP contribution in [-0.2, 0) is 7.05 Å². The van der Waals surface area contributed by atoms with Crippen molar-refractivity contribution in [2.75, 3.05) is 0 Å². The first-order chi connectivity index (χ1) is 14.2. The number of furan rings is 1. The van der Waals surface area contributed by atoms with E-state index in [-0.39, 0.29) is 0 Å². The summed E-state index contributed by atoms with van der Waals surface area (Å²) >= 11 is 0. The summed E-state index contributed by atoms with van der Waals surface area (Å²) in [7, 11) is 2.05. The Bertz CT molecular complexity index is 1420. The molecule has 0 saturated heterocycles. The van der Waals surface area contributed by atoms with E-state index >= 15 is 0 Å². The predicted octanol–water partition coefficient (Wildman–Crippen LogP) is 6.60. The van der Waals surface area contributed by atoms with Crippen LogP contribution in [0, 0.1) is 13.5 Å². The van der Waals surface area contributed by atoms with Gasteiger partial charge in [0.25, 0.3) is 0 Å². The Morgan fingerprint density at radius 3 is 2.48 bits per heavy atom. The van der Waals surface area contributed by atoms with Crippen LogP contribution in [0.4, 0.5) is 5.69 Å². The molecule has 0 bridgehead atoms. The van der Waals surface area contributed by atoms with Crippen LogP contribution in [-0.4, -0.2) is 0 Å². The molecule has 3 aromatic carbocycles. The van der Waals surface area contributed by atoms with Gasteiger partial charge in [0.05, 0.1) is 12.1 Å². The molecule has 5 rings (SSSR count). The van der Waals surface area contributed by atoms with Crippen LogP contribution in [0.2, 0.25) is 0 Å². The molecule has 0 amide bonds. The van der Waals surface area contributed by atoms with Crippen molar-refractivity contribution in [3.05, 3.63) is 96.0 Å². The third kappa shape index (κ3) is 2.69. The van der Waals surface area contributed by atoms with Gasteiger partial charge >= 0.3 is 0 Å². The fraction of sp³-hybridized carbons (Fsp3) is 0.0769. The van der Waals surface area contributed by atoms with Gasteiger partial charge in [-0.2, -0.15) is 0 Å². The van der Waals surface area contributed by atoms with Gasteiger partial charge < -0.3 is 4.42 Å². The highest BCUT2D eigenvalue weighted by molar-refractivity contribution is 6.16. The molecule has 0 aliphatic heterocycles. The van der Waals surface area contributed by atoms with Gasteiger partial charge in [0.2, 0.25) is 5.69 Å². The molecule has 2 aromatic heterocycles. The predicted molar refractivity (Wildman–Crippen MR) is 117 cm³/mol.